The van der Waals surface area contributed by atoms with Crippen molar-refractivity contribution in [2.45, 2.75) is 51.5 Å². The standard InChI is InChI=1S/C16H25N5O3/c1-10(2)14-18-13(19-24-14)12-6-4-8-21(12)15(22)11-5-3-7-20(9-11)16(17)23/h10-12H,3-9H2,1-2H3,(H2,17,23). The van der Waals surface area contributed by atoms with Gasteiger partial charge in [0.25, 0.3) is 0 Å². The summed E-state index contributed by atoms with van der Waals surface area (Å²) in [5.41, 5.74) is 5.36. The van der Waals surface area contributed by atoms with Crippen molar-refractivity contribution in [3.63, 3.8) is 0 Å². The summed E-state index contributed by atoms with van der Waals surface area (Å²) in [7, 11) is 0. The molecule has 2 N–H and O–H groups in total. The predicted octanol–water partition coefficient (Wildman–Crippen LogP) is 1.65. The van der Waals surface area contributed by atoms with Crippen molar-refractivity contribution in [1.82, 2.24) is 19.9 Å². The van der Waals surface area contributed by atoms with E-state index < -0.39 is 6.03 Å². The summed E-state index contributed by atoms with van der Waals surface area (Å²) in [6.45, 7) is 5.72. The van der Waals surface area contributed by atoms with Crippen LogP contribution < -0.4 is 5.73 Å². The third kappa shape index (κ3) is 3.22. The van der Waals surface area contributed by atoms with Gasteiger partial charge in [0.05, 0.1) is 12.0 Å². The number of carbonyl (C=O) groups excluding carboxylic acids is 2. The topological polar surface area (TPSA) is 106 Å². The quantitative estimate of drug-likeness (QED) is 0.904. The number of likely N-dealkylation sites (tertiary alicyclic amines) is 2. The number of nitrogens with two attached hydrogens (primary N) is 1. The van der Waals surface area contributed by atoms with E-state index >= 15 is 0 Å². The molecular formula is C16H25N5O3. The molecule has 0 saturated carbocycles. The van der Waals surface area contributed by atoms with Gasteiger partial charge in [-0.3, -0.25) is 4.79 Å². The van der Waals surface area contributed by atoms with Crippen LogP contribution in [0.4, 0.5) is 4.79 Å². The molecule has 0 radical (unpaired) electrons. The first kappa shape index (κ1) is 16.7. The van der Waals surface area contributed by atoms with Crippen LogP contribution in [-0.4, -0.2) is 51.5 Å². The molecule has 1 aromatic rings. The lowest BCUT2D eigenvalue weighted by Crippen LogP contribution is -2.48. The minimum atomic E-state index is -0.454. The molecule has 132 valence electrons. The van der Waals surface area contributed by atoms with Gasteiger partial charge in [-0.05, 0) is 25.7 Å². The van der Waals surface area contributed by atoms with E-state index in [1.165, 1.54) is 0 Å². The van der Waals surface area contributed by atoms with Crippen LogP contribution in [0, 0.1) is 5.92 Å². The molecule has 2 unspecified atom stereocenters. The molecular weight excluding hydrogens is 310 g/mol. The van der Waals surface area contributed by atoms with Crippen molar-refractivity contribution in [2.75, 3.05) is 19.6 Å². The maximum atomic E-state index is 13.0. The molecule has 8 nitrogen and oxygen atoms in total. The Morgan fingerprint density at radius 3 is 2.67 bits per heavy atom. The van der Waals surface area contributed by atoms with Crippen LogP contribution in [0.2, 0.25) is 0 Å². The highest BCUT2D eigenvalue weighted by Gasteiger charge is 2.38. The number of amides is 3. The number of urea groups is 1. The fourth-order valence-electron chi connectivity index (χ4n) is 3.53. The molecule has 2 aliphatic rings. The molecule has 3 rings (SSSR count). The smallest absolute Gasteiger partial charge is 0.314 e. The second-order valence-corrected chi connectivity index (χ2v) is 6.96. The fourth-order valence-corrected chi connectivity index (χ4v) is 3.53. The third-order valence-electron chi connectivity index (χ3n) is 4.87. The van der Waals surface area contributed by atoms with Crippen molar-refractivity contribution in [1.29, 1.82) is 0 Å². The lowest BCUT2D eigenvalue weighted by molar-refractivity contribution is -0.138. The molecule has 2 atom stereocenters. The monoisotopic (exact) mass is 335 g/mol. The molecule has 0 aromatic carbocycles. The van der Waals surface area contributed by atoms with Crippen LogP contribution in [0.5, 0.6) is 0 Å². The van der Waals surface area contributed by atoms with E-state index in [1.54, 1.807) is 4.90 Å². The van der Waals surface area contributed by atoms with E-state index in [0.717, 1.165) is 25.7 Å². The van der Waals surface area contributed by atoms with Gasteiger partial charge >= 0.3 is 6.03 Å². The number of aromatic nitrogens is 2. The number of piperidine rings is 1. The average Bonchev–Trinajstić information content (AvgIpc) is 3.23. The average molecular weight is 335 g/mol. The molecule has 24 heavy (non-hydrogen) atoms. The molecule has 3 amide bonds. The Hall–Kier alpha value is -2.12. The summed E-state index contributed by atoms with van der Waals surface area (Å²) in [6, 6.07) is -0.581. The summed E-state index contributed by atoms with van der Waals surface area (Å²) < 4.78 is 5.29. The summed E-state index contributed by atoms with van der Waals surface area (Å²) in [5.74, 6) is 1.23. The van der Waals surface area contributed by atoms with Crippen molar-refractivity contribution < 1.29 is 14.1 Å². The lowest BCUT2D eigenvalue weighted by atomic mass is 9.96. The van der Waals surface area contributed by atoms with E-state index in [-0.39, 0.29) is 23.8 Å². The number of hydrogen-bond donors (Lipinski definition) is 1. The summed E-state index contributed by atoms with van der Waals surface area (Å²) in [5, 5.41) is 4.08. The van der Waals surface area contributed by atoms with Gasteiger partial charge in [-0.1, -0.05) is 19.0 Å². The molecule has 2 fully saturated rings. The maximum Gasteiger partial charge on any atom is 0.314 e. The molecule has 0 spiro atoms. The van der Waals surface area contributed by atoms with Crippen molar-refractivity contribution in [3.05, 3.63) is 11.7 Å². The van der Waals surface area contributed by atoms with Crippen LogP contribution in [0.15, 0.2) is 4.52 Å². The summed E-state index contributed by atoms with van der Waals surface area (Å²) >= 11 is 0. The molecule has 0 bridgehead atoms. The van der Waals surface area contributed by atoms with Gasteiger partial charge in [0.15, 0.2) is 5.82 Å². The molecule has 1 aromatic heterocycles. The number of nitrogens with zero attached hydrogens (tertiary/aromatic N) is 4. The van der Waals surface area contributed by atoms with Crippen molar-refractivity contribution in [3.8, 4) is 0 Å². The van der Waals surface area contributed by atoms with Gasteiger partial charge in [-0.2, -0.15) is 4.98 Å². The van der Waals surface area contributed by atoms with Crippen molar-refractivity contribution >= 4 is 11.9 Å². The van der Waals surface area contributed by atoms with Gasteiger partial charge < -0.3 is 20.1 Å². The summed E-state index contributed by atoms with van der Waals surface area (Å²) in [4.78, 5) is 32.2. The molecule has 2 saturated heterocycles. The third-order valence-corrected chi connectivity index (χ3v) is 4.87. The van der Waals surface area contributed by atoms with Gasteiger partial charge in [-0.25, -0.2) is 4.79 Å². The van der Waals surface area contributed by atoms with Crippen LogP contribution >= 0.6 is 0 Å². The maximum absolute atomic E-state index is 13.0. The van der Waals surface area contributed by atoms with Gasteiger partial charge in [0.1, 0.15) is 0 Å². The van der Waals surface area contributed by atoms with Gasteiger partial charge in [0, 0.05) is 25.6 Å². The van der Waals surface area contributed by atoms with E-state index in [9.17, 15) is 9.59 Å². The zero-order valence-electron chi connectivity index (χ0n) is 14.3. The van der Waals surface area contributed by atoms with Crippen LogP contribution in [-0.2, 0) is 4.79 Å². The predicted molar refractivity (Wildman–Crippen MR) is 86.0 cm³/mol. The Balaban J connectivity index is 1.72. The molecule has 2 aliphatic heterocycles. The minimum Gasteiger partial charge on any atom is -0.351 e. The molecule has 8 heteroatoms. The second kappa shape index (κ2) is 6.78. The van der Waals surface area contributed by atoms with Gasteiger partial charge in [-0.15, -0.1) is 0 Å². The number of rotatable bonds is 3. The Kier molecular flexibility index (Phi) is 4.73. The number of carbonyl (C=O) groups is 2. The van der Waals surface area contributed by atoms with Crippen LogP contribution in [0.1, 0.15) is 63.2 Å². The summed E-state index contributed by atoms with van der Waals surface area (Å²) in [6.07, 6.45) is 3.36. The fraction of sp³-hybridized carbons (Fsp3) is 0.750. The first-order chi connectivity index (χ1) is 11.5. The molecule has 3 heterocycles. The van der Waals surface area contributed by atoms with E-state index in [4.69, 9.17) is 10.3 Å². The van der Waals surface area contributed by atoms with Crippen LogP contribution in [0.25, 0.3) is 0 Å². The van der Waals surface area contributed by atoms with Crippen LogP contribution in [0.3, 0.4) is 0 Å². The first-order valence-corrected chi connectivity index (χ1v) is 8.65. The number of primary amides is 1. The van der Waals surface area contributed by atoms with E-state index in [2.05, 4.69) is 10.1 Å². The highest BCUT2D eigenvalue weighted by atomic mass is 16.5. The highest BCUT2D eigenvalue weighted by molar-refractivity contribution is 5.81. The van der Waals surface area contributed by atoms with E-state index in [0.29, 0.717) is 31.3 Å². The second-order valence-electron chi connectivity index (χ2n) is 6.96. The van der Waals surface area contributed by atoms with E-state index in [1.807, 2.05) is 18.7 Å². The normalized spacial score (nSPS) is 24.6. The van der Waals surface area contributed by atoms with Gasteiger partial charge in [0.2, 0.25) is 11.8 Å². The Morgan fingerprint density at radius 1 is 1.25 bits per heavy atom. The largest absolute Gasteiger partial charge is 0.351 e. The zero-order chi connectivity index (χ0) is 17.3. The Morgan fingerprint density at radius 2 is 2.00 bits per heavy atom. The SMILES string of the molecule is CC(C)c1nc(C2CCCN2C(=O)C2CCCN(C(N)=O)C2)no1. The zero-order valence-corrected chi connectivity index (χ0v) is 14.3. The Labute approximate surface area is 141 Å². The van der Waals surface area contributed by atoms with Crippen molar-refractivity contribution in [2.24, 2.45) is 11.7 Å². The first-order valence-electron chi connectivity index (χ1n) is 8.65. The molecule has 0 aliphatic carbocycles. The Bertz CT molecular complexity index is 615. The minimum absolute atomic E-state index is 0.0688. The lowest BCUT2D eigenvalue weighted by Gasteiger charge is -2.34. The highest BCUT2D eigenvalue weighted by Crippen LogP contribution is 2.33. The number of hydrogen-bond acceptors (Lipinski definition) is 5.